The van der Waals surface area contributed by atoms with Crippen molar-refractivity contribution in [3.8, 4) is 11.1 Å². The fraction of sp³-hybridized carbons (Fsp3) is 0.150. The van der Waals surface area contributed by atoms with Gasteiger partial charge in [-0.05, 0) is 18.4 Å². The molecule has 2 N–H and O–H groups in total. The Morgan fingerprint density at radius 2 is 1.83 bits per heavy atom. The number of nitrogens with one attached hydrogen (secondary N) is 2. The molecule has 0 aliphatic carbocycles. The zero-order valence-corrected chi connectivity index (χ0v) is 18.5. The maximum Gasteiger partial charge on any atom is 0.436 e. The molecule has 3 aromatic heterocycles. The van der Waals surface area contributed by atoms with E-state index in [0.717, 1.165) is 6.07 Å². The van der Waals surface area contributed by atoms with Crippen LogP contribution in [0.3, 0.4) is 0 Å². The fourth-order valence-corrected chi connectivity index (χ4v) is 3.44. The van der Waals surface area contributed by atoms with Crippen LogP contribution in [0.5, 0.6) is 0 Å². The fourth-order valence-electron chi connectivity index (χ4n) is 3.11. The van der Waals surface area contributed by atoms with Crippen LogP contribution in [0.1, 0.15) is 5.69 Å². The van der Waals surface area contributed by atoms with Gasteiger partial charge in [0, 0.05) is 36.3 Å². The minimum absolute atomic E-state index is 0.161. The summed E-state index contributed by atoms with van der Waals surface area (Å²) in [4.78, 5) is 33.4. The number of hydrogen-bond donors (Lipinski definition) is 2. The molecule has 15 heteroatoms. The number of thioether (sulfide) groups is 1. The highest BCUT2D eigenvalue weighted by molar-refractivity contribution is 7.98. The third kappa shape index (κ3) is 4.80. The quantitative estimate of drug-likeness (QED) is 0.232. The molecule has 1 aromatic carbocycles. The van der Waals surface area contributed by atoms with Crippen LogP contribution in [0.2, 0.25) is 0 Å². The number of carbonyl (C=O) groups is 1. The number of nitrogens with zero attached hydrogens (tertiary/aromatic N) is 4. The molecule has 0 atom stereocenters. The van der Waals surface area contributed by atoms with Gasteiger partial charge in [-0.2, -0.15) is 13.2 Å². The molecule has 9 nitrogen and oxygen atoms in total. The number of carbonyl (C=O) groups excluding carboxylic acids is 1. The Labute approximate surface area is 196 Å². The summed E-state index contributed by atoms with van der Waals surface area (Å²) in [6, 6.07) is 1.89. The lowest BCUT2D eigenvalue weighted by molar-refractivity contribution is -0.142. The molecule has 0 bridgehead atoms. The van der Waals surface area contributed by atoms with E-state index in [-0.39, 0.29) is 11.1 Å². The summed E-state index contributed by atoms with van der Waals surface area (Å²) in [7, 11) is 1.42. The topological polar surface area (TPSA) is 115 Å². The lowest BCUT2D eigenvalue weighted by atomic mass is 10.0. The van der Waals surface area contributed by atoms with Crippen molar-refractivity contribution in [2.45, 2.75) is 11.3 Å². The van der Waals surface area contributed by atoms with Gasteiger partial charge in [-0.15, -0.1) is 0 Å². The molecule has 0 spiro atoms. The van der Waals surface area contributed by atoms with Crippen molar-refractivity contribution in [1.82, 2.24) is 19.7 Å². The highest BCUT2D eigenvalue weighted by Crippen LogP contribution is 2.31. The Kier molecular flexibility index (Phi) is 6.19. The van der Waals surface area contributed by atoms with Crippen LogP contribution >= 0.6 is 11.8 Å². The number of urea groups is 1. The van der Waals surface area contributed by atoms with Gasteiger partial charge in [0.1, 0.15) is 17.3 Å². The van der Waals surface area contributed by atoms with E-state index >= 15 is 0 Å². The molecule has 0 aliphatic rings. The Balaban J connectivity index is 1.67. The number of aryl methyl sites for hydroxylation is 1. The average Bonchev–Trinajstić information content (AvgIpc) is 3.27. The van der Waals surface area contributed by atoms with E-state index < -0.39 is 46.7 Å². The zero-order valence-electron chi connectivity index (χ0n) is 17.7. The van der Waals surface area contributed by atoms with Gasteiger partial charge in [0.15, 0.2) is 10.9 Å². The molecule has 2 amide bonds. The highest BCUT2D eigenvalue weighted by atomic mass is 32.2. The van der Waals surface area contributed by atoms with Crippen molar-refractivity contribution < 1.29 is 31.3 Å². The summed E-state index contributed by atoms with van der Waals surface area (Å²) in [5.74, 6) is -2.94. The summed E-state index contributed by atoms with van der Waals surface area (Å²) >= 11 is 1.26. The molecule has 0 radical (unpaired) electrons. The minimum Gasteiger partial charge on any atom is -0.338 e. The maximum atomic E-state index is 14.7. The van der Waals surface area contributed by atoms with Gasteiger partial charge in [0.25, 0.3) is 5.56 Å². The standard InChI is InChI=1S/C20H13F5N6O3S/c1-31-16-8(7-26-19(29-16)35-2)3-10(17(31)32)9-4-13(12(22)5-11(9)21)27-18(33)28-15-6-14(30-34-15)20(23,24)25/h3-7H,1-2H3,(H2,27,28,33). The van der Waals surface area contributed by atoms with E-state index in [9.17, 15) is 31.5 Å². The number of pyridine rings is 1. The number of anilines is 2. The van der Waals surface area contributed by atoms with Crippen molar-refractivity contribution in [2.75, 3.05) is 16.9 Å². The van der Waals surface area contributed by atoms with Crippen molar-refractivity contribution >= 4 is 40.4 Å². The summed E-state index contributed by atoms with van der Waals surface area (Å²) < 4.78 is 72.4. The van der Waals surface area contributed by atoms with Gasteiger partial charge < -0.3 is 9.84 Å². The van der Waals surface area contributed by atoms with Gasteiger partial charge >= 0.3 is 12.2 Å². The van der Waals surface area contributed by atoms with Gasteiger partial charge in [-0.25, -0.2) is 23.5 Å². The molecule has 0 saturated carbocycles. The molecule has 0 saturated heterocycles. The second-order valence-corrected chi connectivity index (χ2v) is 7.80. The van der Waals surface area contributed by atoms with Crippen molar-refractivity contribution in [1.29, 1.82) is 0 Å². The zero-order chi connectivity index (χ0) is 25.5. The van der Waals surface area contributed by atoms with Crippen LogP contribution < -0.4 is 16.2 Å². The smallest absolute Gasteiger partial charge is 0.338 e. The van der Waals surface area contributed by atoms with E-state index in [0.29, 0.717) is 28.3 Å². The number of hydrogen-bond acceptors (Lipinski definition) is 7. The van der Waals surface area contributed by atoms with Crippen LogP contribution in [-0.4, -0.2) is 32.0 Å². The van der Waals surface area contributed by atoms with Gasteiger partial charge in [-0.1, -0.05) is 16.9 Å². The van der Waals surface area contributed by atoms with Crippen molar-refractivity contribution in [3.05, 3.63) is 58.1 Å². The lowest BCUT2D eigenvalue weighted by Crippen LogP contribution is -2.22. The third-order valence-electron chi connectivity index (χ3n) is 4.74. The Morgan fingerprint density at radius 3 is 2.49 bits per heavy atom. The number of halogens is 5. The van der Waals surface area contributed by atoms with Gasteiger partial charge in [0.2, 0.25) is 5.88 Å². The molecule has 3 heterocycles. The van der Waals surface area contributed by atoms with E-state index in [2.05, 4.69) is 19.6 Å². The lowest BCUT2D eigenvalue weighted by Gasteiger charge is -2.12. The SMILES string of the molecule is CSc1ncc2cc(-c3cc(NC(=O)Nc4cc(C(F)(F)F)no4)c(F)cc3F)c(=O)n(C)c2n1. The Morgan fingerprint density at radius 1 is 1.09 bits per heavy atom. The third-order valence-corrected chi connectivity index (χ3v) is 5.30. The molecule has 0 unspecified atom stereocenters. The van der Waals surface area contributed by atoms with Crippen molar-refractivity contribution in [2.24, 2.45) is 7.05 Å². The second-order valence-electron chi connectivity index (χ2n) is 7.02. The first-order valence-electron chi connectivity index (χ1n) is 9.50. The van der Waals surface area contributed by atoms with E-state index in [1.807, 2.05) is 10.6 Å². The average molecular weight is 512 g/mol. The van der Waals surface area contributed by atoms with Gasteiger partial charge in [0.05, 0.1) is 11.3 Å². The minimum atomic E-state index is -4.80. The molecule has 4 aromatic rings. The number of amides is 2. The normalized spacial score (nSPS) is 11.6. The van der Waals surface area contributed by atoms with Crippen LogP contribution in [-0.2, 0) is 13.2 Å². The number of rotatable bonds is 4. The summed E-state index contributed by atoms with van der Waals surface area (Å²) in [6.07, 6.45) is -1.60. The number of alkyl halides is 3. The number of fused-ring (bicyclic) bond motifs is 1. The van der Waals surface area contributed by atoms with Gasteiger partial charge in [-0.3, -0.25) is 14.7 Å². The predicted octanol–water partition coefficient (Wildman–Crippen LogP) is 4.65. The molecule has 0 fully saturated rings. The summed E-state index contributed by atoms with van der Waals surface area (Å²) in [5.41, 5.74) is -2.78. The largest absolute Gasteiger partial charge is 0.436 e. The molecule has 0 aliphatic heterocycles. The first-order valence-corrected chi connectivity index (χ1v) is 10.7. The maximum absolute atomic E-state index is 14.7. The van der Waals surface area contributed by atoms with Crippen LogP contribution in [0.25, 0.3) is 22.2 Å². The van der Waals surface area contributed by atoms with Crippen LogP contribution in [0, 0.1) is 11.6 Å². The Hall–Kier alpha value is -4.01. The second kappa shape index (κ2) is 8.98. The summed E-state index contributed by atoms with van der Waals surface area (Å²) in [6.45, 7) is 0. The molecular formula is C20H13F5N6O3S. The molecule has 4 rings (SSSR count). The first-order chi connectivity index (χ1) is 16.5. The summed E-state index contributed by atoms with van der Waals surface area (Å²) in [5, 5.41) is 7.54. The van der Waals surface area contributed by atoms with E-state index in [1.165, 1.54) is 35.6 Å². The number of benzene rings is 1. The Bertz CT molecular complexity index is 1520. The molecule has 182 valence electrons. The highest BCUT2D eigenvalue weighted by Gasteiger charge is 2.35. The van der Waals surface area contributed by atoms with Crippen molar-refractivity contribution in [3.63, 3.8) is 0 Å². The molecule has 35 heavy (non-hydrogen) atoms. The molecular weight excluding hydrogens is 499 g/mol. The van der Waals surface area contributed by atoms with E-state index in [1.54, 1.807) is 6.26 Å². The van der Waals surface area contributed by atoms with E-state index in [4.69, 9.17) is 0 Å². The first kappa shape index (κ1) is 24.1. The number of aromatic nitrogens is 4. The van der Waals surface area contributed by atoms with Crippen LogP contribution in [0.4, 0.5) is 38.3 Å². The van der Waals surface area contributed by atoms with Crippen LogP contribution in [0.15, 0.2) is 44.9 Å². The monoisotopic (exact) mass is 512 g/mol. The predicted molar refractivity (Wildman–Crippen MR) is 116 cm³/mol.